The molecule has 16 aliphatic rings. The van der Waals surface area contributed by atoms with Crippen molar-refractivity contribution >= 4 is 0 Å². The van der Waals surface area contributed by atoms with Crippen LogP contribution in [0.1, 0.15) is 99.3 Å². The molecule has 8 unspecified atom stereocenters. The van der Waals surface area contributed by atoms with Gasteiger partial charge >= 0.3 is 0 Å². The van der Waals surface area contributed by atoms with Crippen LogP contribution in [0.25, 0.3) is 0 Å². The van der Waals surface area contributed by atoms with Crippen molar-refractivity contribution in [3.05, 3.63) is 213 Å². The summed E-state index contributed by atoms with van der Waals surface area (Å²) in [5.74, 6) is 57.1. The van der Waals surface area contributed by atoms with Crippen molar-refractivity contribution in [2.45, 2.75) is 77.0 Å². The first-order valence-corrected chi connectivity index (χ1v) is 26.3. The van der Waals surface area contributed by atoms with E-state index in [1.54, 1.807) is 0 Å². The van der Waals surface area contributed by atoms with Crippen molar-refractivity contribution in [1.82, 2.24) is 0 Å². The van der Waals surface area contributed by atoms with Crippen molar-refractivity contribution in [3.63, 3.8) is 0 Å². The topological polar surface area (TPSA) is 0 Å². The van der Waals surface area contributed by atoms with Gasteiger partial charge in [0, 0.05) is 110 Å². The maximum atomic E-state index is 3.69. The molecule has 0 aromatic heterocycles. The number of hydrogen-bond donors (Lipinski definition) is 0. The molecule has 0 radical (unpaired) electrons. The molecule has 16 aliphatic carbocycles. The molecule has 0 nitrogen and oxygen atoms in total. The SMILES string of the molecule is C1#CC2=C(C#Cc3ccc(cc3)C#CC3=C(C#CC#CC4=C(C#Cc5ccc(cc5)C#CC5=C(C#C1)C16C=CC=CC51CCC6)C15C=CC=CC41CCC5)C14C=CC=CC31CCC4)C13C=CC=CC21CCC3. The maximum absolute atomic E-state index is 3.69. The maximum Gasteiger partial charge on any atom is 0.0363 e. The van der Waals surface area contributed by atoms with E-state index in [0.717, 1.165) is 144 Å². The van der Waals surface area contributed by atoms with Crippen molar-refractivity contribution in [3.8, 4) is 94.7 Å². The fourth-order valence-corrected chi connectivity index (χ4v) is 16.5. The molecule has 18 rings (SSSR count). The molecule has 0 saturated heterocycles. The zero-order chi connectivity index (χ0) is 47.7. The van der Waals surface area contributed by atoms with Gasteiger partial charge < -0.3 is 0 Å². The minimum atomic E-state index is -0.115. The van der Waals surface area contributed by atoms with Gasteiger partial charge in [0.15, 0.2) is 0 Å². The van der Waals surface area contributed by atoms with E-state index in [9.17, 15) is 0 Å². The minimum Gasteiger partial charge on any atom is -0.0721 e. The fraction of sp³-hybridized carbons (Fsp3) is 0.278. The Bertz CT molecular complexity index is 3400. The molecular weight excluding hydrogens is 865 g/mol. The van der Waals surface area contributed by atoms with E-state index in [0.29, 0.717) is 0 Å². The molecule has 0 spiro atoms. The van der Waals surface area contributed by atoms with E-state index in [1.165, 1.54) is 0 Å². The summed E-state index contributed by atoms with van der Waals surface area (Å²) >= 11 is 0. The van der Waals surface area contributed by atoms with E-state index >= 15 is 0 Å². The van der Waals surface area contributed by atoms with Gasteiger partial charge in [0.2, 0.25) is 0 Å². The van der Waals surface area contributed by atoms with E-state index in [2.05, 4.69) is 240 Å². The number of hydrogen-bond acceptors (Lipinski definition) is 0. The van der Waals surface area contributed by atoms with Crippen molar-refractivity contribution in [2.24, 2.45) is 43.3 Å². The third-order valence-corrected chi connectivity index (χ3v) is 19.8. The molecule has 4 saturated carbocycles. The molecule has 0 heterocycles. The summed E-state index contributed by atoms with van der Waals surface area (Å²) in [5.41, 5.74) is 12.1. The molecule has 0 heteroatoms. The summed E-state index contributed by atoms with van der Waals surface area (Å²) < 4.78 is 0. The Morgan fingerprint density at radius 2 is 0.375 bits per heavy atom. The fourth-order valence-electron chi connectivity index (χ4n) is 16.5. The smallest absolute Gasteiger partial charge is 0.0363 e. The highest BCUT2D eigenvalue weighted by Crippen LogP contribution is 2.75. The van der Waals surface area contributed by atoms with E-state index in [4.69, 9.17) is 0 Å². The van der Waals surface area contributed by atoms with Crippen LogP contribution in [-0.2, 0) is 0 Å². The van der Waals surface area contributed by atoms with Crippen molar-refractivity contribution < 1.29 is 0 Å². The van der Waals surface area contributed by atoms with Crippen LogP contribution in [0.4, 0.5) is 0 Å². The third kappa shape index (κ3) is 5.00. The predicted octanol–water partition coefficient (Wildman–Crippen LogP) is 13.2. The molecule has 336 valence electrons. The van der Waals surface area contributed by atoms with Gasteiger partial charge in [0.1, 0.15) is 0 Å². The van der Waals surface area contributed by atoms with Gasteiger partial charge in [-0.1, -0.05) is 194 Å². The zero-order valence-corrected chi connectivity index (χ0v) is 40.3. The average Bonchev–Trinajstić information content (AvgIpc) is 4.15. The van der Waals surface area contributed by atoms with Crippen LogP contribution in [-0.4, -0.2) is 0 Å². The second-order valence-electron chi connectivity index (χ2n) is 22.2. The molecular formula is C72H48. The van der Waals surface area contributed by atoms with Gasteiger partial charge in [-0.2, -0.15) is 0 Å². The normalized spacial score (nSPS) is 36.6. The first-order chi connectivity index (χ1) is 35.5. The Morgan fingerprint density at radius 3 is 0.556 bits per heavy atom. The van der Waals surface area contributed by atoms with Gasteiger partial charge in [-0.15, -0.1) is 0 Å². The molecule has 0 N–H and O–H groups in total. The van der Waals surface area contributed by atoms with Crippen LogP contribution < -0.4 is 0 Å². The van der Waals surface area contributed by atoms with Gasteiger partial charge in [0.25, 0.3) is 0 Å². The number of benzene rings is 2. The second kappa shape index (κ2) is 14.7. The molecule has 2 aromatic rings. The van der Waals surface area contributed by atoms with Gasteiger partial charge in [-0.25, -0.2) is 0 Å². The summed E-state index contributed by atoms with van der Waals surface area (Å²) in [4.78, 5) is 0. The first-order valence-electron chi connectivity index (χ1n) is 26.3. The Labute approximate surface area is 425 Å². The minimum absolute atomic E-state index is 0.107. The van der Waals surface area contributed by atoms with Gasteiger partial charge in [-0.3, -0.25) is 0 Å². The lowest BCUT2D eigenvalue weighted by Gasteiger charge is -2.54. The lowest BCUT2D eigenvalue weighted by molar-refractivity contribution is 0.232. The van der Waals surface area contributed by atoms with Crippen molar-refractivity contribution in [1.29, 1.82) is 0 Å². The zero-order valence-electron chi connectivity index (χ0n) is 40.3. The van der Waals surface area contributed by atoms with Crippen LogP contribution in [0.2, 0.25) is 0 Å². The molecule has 72 heavy (non-hydrogen) atoms. The highest BCUT2D eigenvalue weighted by Gasteiger charge is 2.68. The van der Waals surface area contributed by atoms with Crippen LogP contribution in [0.15, 0.2) is 190 Å². The van der Waals surface area contributed by atoms with Gasteiger partial charge in [0.05, 0.1) is 0 Å². The largest absolute Gasteiger partial charge is 0.0721 e. The Balaban J connectivity index is 0.875. The summed E-state index contributed by atoms with van der Waals surface area (Å²) in [5, 5.41) is 0. The standard InChI is InChI=1S/C72H48/c1-2-18-58-62(70-42-10-6-38-66(58,70)46-14-50-70)34-30-54-25-27-56(28-26-54)32-36-64-60(68-40-8-12-44-72(64,68)52-16-48-68)20-4-3-19-59-63(71-43-11-7-39-67(59,71)47-15-51-71)35-31-55-23-21-53(22-24-55)29-33-61-57(17-1)65-37-5-9-41-69(61,65)49-13-45-65/h5-12,21-28,37-44H,13-16,45-52H2. The first kappa shape index (κ1) is 41.6. The lowest BCUT2D eigenvalue weighted by atomic mass is 9.46. The molecule has 4 bridgehead atoms. The second-order valence-corrected chi connectivity index (χ2v) is 22.2. The highest BCUT2D eigenvalue weighted by atomic mass is 14.7. The van der Waals surface area contributed by atoms with E-state index in [-0.39, 0.29) is 43.3 Å². The number of allylic oxidation sites excluding steroid dienone is 24. The van der Waals surface area contributed by atoms with Crippen LogP contribution >= 0.6 is 0 Å². The molecule has 0 aliphatic heterocycles. The summed E-state index contributed by atoms with van der Waals surface area (Å²) in [6.45, 7) is 0. The Morgan fingerprint density at radius 1 is 0.208 bits per heavy atom. The quantitative estimate of drug-likeness (QED) is 0.231. The Kier molecular flexibility index (Phi) is 8.48. The van der Waals surface area contributed by atoms with E-state index in [1.807, 2.05) is 0 Å². The third-order valence-electron chi connectivity index (χ3n) is 19.8. The summed E-state index contributed by atoms with van der Waals surface area (Å²) in [6, 6.07) is 16.9. The molecule has 2 aromatic carbocycles. The van der Waals surface area contributed by atoms with Gasteiger partial charge in [-0.05, 0) is 124 Å². The summed E-state index contributed by atoms with van der Waals surface area (Å²) in [7, 11) is 0. The van der Waals surface area contributed by atoms with Crippen LogP contribution in [0.5, 0.6) is 0 Å². The highest BCUT2D eigenvalue weighted by molar-refractivity contribution is 5.74. The number of rotatable bonds is 0. The monoisotopic (exact) mass is 912 g/mol. The van der Waals surface area contributed by atoms with E-state index < -0.39 is 0 Å². The molecule has 4 fully saturated rings. The molecule has 0 amide bonds. The molecule has 8 atom stereocenters. The van der Waals surface area contributed by atoms with Crippen LogP contribution in [0.3, 0.4) is 0 Å². The van der Waals surface area contributed by atoms with Crippen molar-refractivity contribution in [2.75, 3.05) is 0 Å². The lowest BCUT2D eigenvalue weighted by Crippen LogP contribution is -2.48. The average molecular weight is 913 g/mol. The predicted molar refractivity (Wildman–Crippen MR) is 288 cm³/mol. The summed E-state index contributed by atoms with van der Waals surface area (Å²) in [6.07, 6.45) is 49.9. The Hall–Kier alpha value is -8.20. The van der Waals surface area contributed by atoms with Crippen LogP contribution in [0, 0.1) is 138 Å².